The van der Waals surface area contributed by atoms with E-state index in [2.05, 4.69) is 20.4 Å². The van der Waals surface area contributed by atoms with E-state index in [1.54, 1.807) is 12.4 Å². The van der Waals surface area contributed by atoms with Crippen LogP contribution < -0.4 is 5.32 Å². The maximum absolute atomic E-state index is 10.5. The molecule has 0 amide bonds. The van der Waals surface area contributed by atoms with Crippen LogP contribution in [-0.2, 0) is 13.1 Å². The van der Waals surface area contributed by atoms with Crippen molar-refractivity contribution in [3.05, 3.63) is 46.3 Å². The highest BCUT2D eigenvalue weighted by molar-refractivity contribution is 5.20. The van der Waals surface area contributed by atoms with Crippen molar-refractivity contribution >= 4 is 5.69 Å². The molecule has 0 saturated carbocycles. The van der Waals surface area contributed by atoms with Gasteiger partial charge in [0.15, 0.2) is 0 Å². The van der Waals surface area contributed by atoms with Crippen LogP contribution in [0.15, 0.2) is 24.8 Å². The van der Waals surface area contributed by atoms with Crippen LogP contribution in [0.2, 0.25) is 0 Å². The molecule has 0 radical (unpaired) electrons. The molecule has 2 aromatic rings. The van der Waals surface area contributed by atoms with Gasteiger partial charge in [0.2, 0.25) is 0 Å². The molecule has 0 saturated heterocycles. The standard InChI is InChI=1S/C12H16N6O3/c1-9-2-15-10(4-14-9)3-13-6-12(19)8-17-7-11(5-16-17)18(20)21/h2,4-5,7,12-13,19H,3,6,8H2,1H3. The van der Waals surface area contributed by atoms with E-state index in [0.717, 1.165) is 17.6 Å². The zero-order valence-corrected chi connectivity index (χ0v) is 11.5. The fourth-order valence-electron chi connectivity index (χ4n) is 1.70. The lowest BCUT2D eigenvalue weighted by Gasteiger charge is -2.11. The Morgan fingerprint density at radius 3 is 2.86 bits per heavy atom. The highest BCUT2D eigenvalue weighted by Gasteiger charge is 2.11. The maximum Gasteiger partial charge on any atom is 0.306 e. The Kier molecular flexibility index (Phi) is 4.90. The van der Waals surface area contributed by atoms with E-state index in [-0.39, 0.29) is 12.2 Å². The second-order valence-corrected chi connectivity index (χ2v) is 4.61. The number of aliphatic hydroxyl groups is 1. The molecule has 2 heterocycles. The van der Waals surface area contributed by atoms with Gasteiger partial charge in [0.1, 0.15) is 12.4 Å². The molecule has 9 heteroatoms. The predicted octanol–water partition coefficient (Wildman–Crippen LogP) is 0.0404. The summed E-state index contributed by atoms with van der Waals surface area (Å²) in [5, 5.41) is 27.2. The Labute approximate surface area is 120 Å². The first kappa shape index (κ1) is 15.0. The summed E-state index contributed by atoms with van der Waals surface area (Å²) < 4.78 is 1.34. The minimum atomic E-state index is -0.706. The Morgan fingerprint density at radius 2 is 2.24 bits per heavy atom. The Morgan fingerprint density at radius 1 is 1.43 bits per heavy atom. The molecule has 0 fully saturated rings. The van der Waals surface area contributed by atoms with Gasteiger partial charge in [-0.3, -0.25) is 24.8 Å². The molecule has 1 atom stereocenters. The second-order valence-electron chi connectivity index (χ2n) is 4.61. The third kappa shape index (κ3) is 4.58. The van der Waals surface area contributed by atoms with Crippen LogP contribution >= 0.6 is 0 Å². The lowest BCUT2D eigenvalue weighted by atomic mass is 10.3. The lowest BCUT2D eigenvalue weighted by molar-refractivity contribution is -0.385. The number of aryl methyl sites for hydroxylation is 1. The molecule has 1 unspecified atom stereocenters. The van der Waals surface area contributed by atoms with Gasteiger partial charge in [-0.1, -0.05) is 0 Å². The molecular weight excluding hydrogens is 276 g/mol. The normalized spacial score (nSPS) is 12.3. The summed E-state index contributed by atoms with van der Waals surface area (Å²) in [5.41, 5.74) is 1.53. The first-order chi connectivity index (χ1) is 10.0. The van der Waals surface area contributed by atoms with E-state index < -0.39 is 11.0 Å². The predicted molar refractivity (Wildman–Crippen MR) is 73.4 cm³/mol. The van der Waals surface area contributed by atoms with Crippen LogP contribution in [0, 0.1) is 17.0 Å². The molecule has 0 aliphatic rings. The fraction of sp³-hybridized carbons (Fsp3) is 0.417. The quantitative estimate of drug-likeness (QED) is 0.546. The maximum atomic E-state index is 10.5. The minimum Gasteiger partial charge on any atom is -0.390 e. The van der Waals surface area contributed by atoms with Gasteiger partial charge in [-0.15, -0.1) is 0 Å². The van der Waals surface area contributed by atoms with Gasteiger partial charge in [-0.05, 0) is 6.92 Å². The number of aliphatic hydroxyl groups excluding tert-OH is 1. The number of nitrogens with zero attached hydrogens (tertiary/aromatic N) is 5. The zero-order chi connectivity index (χ0) is 15.2. The summed E-state index contributed by atoms with van der Waals surface area (Å²) in [4.78, 5) is 18.3. The van der Waals surface area contributed by atoms with Gasteiger partial charge in [-0.25, -0.2) is 0 Å². The first-order valence-electron chi connectivity index (χ1n) is 6.38. The zero-order valence-electron chi connectivity index (χ0n) is 11.5. The van der Waals surface area contributed by atoms with E-state index in [0.29, 0.717) is 13.1 Å². The Hall–Kier alpha value is -2.39. The van der Waals surface area contributed by atoms with Gasteiger partial charge >= 0.3 is 5.69 Å². The van der Waals surface area contributed by atoms with E-state index in [1.807, 2.05) is 6.92 Å². The number of aromatic nitrogens is 4. The van der Waals surface area contributed by atoms with Gasteiger partial charge in [0.05, 0.1) is 29.0 Å². The second kappa shape index (κ2) is 6.86. The molecule has 0 bridgehead atoms. The van der Waals surface area contributed by atoms with Crippen LogP contribution in [0.5, 0.6) is 0 Å². The van der Waals surface area contributed by atoms with Crippen molar-refractivity contribution in [3.8, 4) is 0 Å². The van der Waals surface area contributed by atoms with E-state index in [1.165, 1.54) is 10.9 Å². The number of rotatable bonds is 7. The van der Waals surface area contributed by atoms with Crippen LogP contribution in [0.25, 0.3) is 0 Å². The SMILES string of the molecule is Cc1cnc(CNCC(O)Cn2cc([N+](=O)[O-])cn2)cn1. The van der Waals surface area contributed by atoms with E-state index in [4.69, 9.17) is 0 Å². The molecule has 2 aromatic heterocycles. The van der Waals surface area contributed by atoms with Crippen molar-refractivity contribution in [2.24, 2.45) is 0 Å². The van der Waals surface area contributed by atoms with Gasteiger partial charge in [-0.2, -0.15) is 5.10 Å². The smallest absolute Gasteiger partial charge is 0.306 e. The Balaban J connectivity index is 1.75. The number of nitrogens with one attached hydrogen (secondary N) is 1. The largest absolute Gasteiger partial charge is 0.390 e. The van der Waals surface area contributed by atoms with E-state index >= 15 is 0 Å². The average Bonchev–Trinajstić information content (AvgIpc) is 2.90. The average molecular weight is 292 g/mol. The minimum absolute atomic E-state index is 0.0925. The van der Waals surface area contributed by atoms with Gasteiger partial charge < -0.3 is 10.4 Å². The molecule has 0 aliphatic heterocycles. The van der Waals surface area contributed by atoms with Crippen molar-refractivity contribution in [1.82, 2.24) is 25.1 Å². The molecule has 112 valence electrons. The topological polar surface area (TPSA) is 119 Å². The van der Waals surface area contributed by atoms with Crippen molar-refractivity contribution in [1.29, 1.82) is 0 Å². The molecular formula is C12H16N6O3. The van der Waals surface area contributed by atoms with Crippen LogP contribution in [0.1, 0.15) is 11.4 Å². The lowest BCUT2D eigenvalue weighted by Crippen LogP contribution is -2.30. The molecule has 0 spiro atoms. The van der Waals surface area contributed by atoms with Gasteiger partial charge in [0, 0.05) is 25.5 Å². The molecule has 2 N–H and O–H groups in total. The highest BCUT2D eigenvalue weighted by atomic mass is 16.6. The molecule has 9 nitrogen and oxygen atoms in total. The summed E-state index contributed by atoms with van der Waals surface area (Å²) in [6, 6.07) is 0. The van der Waals surface area contributed by atoms with Crippen molar-refractivity contribution in [2.75, 3.05) is 6.54 Å². The summed E-state index contributed by atoms with van der Waals surface area (Å²) in [5.74, 6) is 0. The number of hydrogen-bond acceptors (Lipinski definition) is 7. The third-order valence-corrected chi connectivity index (χ3v) is 2.75. The molecule has 0 aliphatic carbocycles. The summed E-state index contributed by atoms with van der Waals surface area (Å²) in [6.07, 6.45) is 5.08. The molecule has 21 heavy (non-hydrogen) atoms. The van der Waals surface area contributed by atoms with Crippen LogP contribution in [0.4, 0.5) is 5.69 Å². The summed E-state index contributed by atoms with van der Waals surface area (Å²) in [6.45, 7) is 2.85. The molecule has 2 rings (SSSR count). The first-order valence-corrected chi connectivity index (χ1v) is 6.38. The summed E-state index contributed by atoms with van der Waals surface area (Å²) in [7, 11) is 0. The van der Waals surface area contributed by atoms with Crippen molar-refractivity contribution in [2.45, 2.75) is 26.1 Å². The van der Waals surface area contributed by atoms with Gasteiger partial charge in [0.25, 0.3) is 0 Å². The number of nitro groups is 1. The van der Waals surface area contributed by atoms with Crippen LogP contribution in [-0.4, -0.2) is 42.4 Å². The highest BCUT2D eigenvalue weighted by Crippen LogP contribution is 2.07. The monoisotopic (exact) mass is 292 g/mol. The Bertz CT molecular complexity index is 597. The van der Waals surface area contributed by atoms with E-state index in [9.17, 15) is 15.2 Å². The summed E-state index contributed by atoms with van der Waals surface area (Å²) >= 11 is 0. The fourth-order valence-corrected chi connectivity index (χ4v) is 1.70. The molecule has 0 aromatic carbocycles. The van der Waals surface area contributed by atoms with Crippen LogP contribution in [0.3, 0.4) is 0 Å². The van der Waals surface area contributed by atoms with Crippen molar-refractivity contribution in [3.63, 3.8) is 0 Å². The number of hydrogen-bond donors (Lipinski definition) is 2. The van der Waals surface area contributed by atoms with Crippen molar-refractivity contribution < 1.29 is 10.0 Å². The third-order valence-electron chi connectivity index (χ3n) is 2.75.